The lowest BCUT2D eigenvalue weighted by molar-refractivity contribution is 0.0745. The molecule has 1 amide bonds. The summed E-state index contributed by atoms with van der Waals surface area (Å²) < 4.78 is 31.6. The quantitative estimate of drug-likeness (QED) is 0.415. The van der Waals surface area contributed by atoms with Crippen molar-refractivity contribution in [3.05, 3.63) is 82.9 Å². The van der Waals surface area contributed by atoms with Crippen LogP contribution in [0, 0.1) is 6.92 Å². The number of hydrogen-bond donors (Lipinski definition) is 1. The summed E-state index contributed by atoms with van der Waals surface area (Å²) in [5.41, 5.74) is 3.78. The van der Waals surface area contributed by atoms with E-state index in [1.54, 1.807) is 36.3 Å². The third-order valence-electron chi connectivity index (χ3n) is 7.09. The molecule has 7 nitrogen and oxygen atoms in total. The maximum absolute atomic E-state index is 13.4. The zero-order chi connectivity index (χ0) is 27.3. The number of aromatic hydroxyl groups is 1. The van der Waals surface area contributed by atoms with Gasteiger partial charge in [0.05, 0.1) is 23.4 Å². The van der Waals surface area contributed by atoms with E-state index in [0.717, 1.165) is 30.4 Å². The predicted molar refractivity (Wildman–Crippen MR) is 150 cm³/mol. The highest BCUT2D eigenvalue weighted by Crippen LogP contribution is 2.32. The standard InChI is InChI=1S/C30H36N2O5S/c1-4-5-6-23-8-10-24(11-9-23)21-38(35,36)26-13-7-22(2)27(20-26)30(34)32-17-15-31(16-18-32)28-14-12-25(37-3)19-29(28)33/h7-14,19-20,33H,4-6,15-18,21H2,1-3H3. The van der Waals surface area contributed by atoms with Gasteiger partial charge in [0.25, 0.3) is 5.91 Å². The maximum Gasteiger partial charge on any atom is 0.254 e. The smallest absolute Gasteiger partial charge is 0.254 e. The molecule has 1 fully saturated rings. The minimum Gasteiger partial charge on any atom is -0.506 e. The van der Waals surface area contributed by atoms with Gasteiger partial charge in [-0.25, -0.2) is 8.42 Å². The average Bonchev–Trinajstić information content (AvgIpc) is 2.92. The Morgan fingerprint density at radius 3 is 2.26 bits per heavy atom. The number of aryl methyl sites for hydroxylation is 2. The summed E-state index contributed by atoms with van der Waals surface area (Å²) in [6.07, 6.45) is 3.21. The fourth-order valence-corrected chi connectivity index (χ4v) is 6.10. The molecule has 1 N–H and O–H groups in total. The molecule has 0 unspecified atom stereocenters. The number of anilines is 1. The molecule has 0 aliphatic carbocycles. The second-order valence-corrected chi connectivity index (χ2v) is 11.8. The molecule has 1 saturated heterocycles. The van der Waals surface area contributed by atoms with Crippen LogP contribution in [0.5, 0.6) is 11.5 Å². The number of phenols is 1. The summed E-state index contributed by atoms with van der Waals surface area (Å²) >= 11 is 0. The van der Waals surface area contributed by atoms with E-state index < -0.39 is 9.84 Å². The second kappa shape index (κ2) is 11.9. The summed E-state index contributed by atoms with van der Waals surface area (Å²) in [5, 5.41) is 10.4. The van der Waals surface area contributed by atoms with E-state index in [2.05, 4.69) is 6.92 Å². The van der Waals surface area contributed by atoms with E-state index in [4.69, 9.17) is 4.74 Å². The van der Waals surface area contributed by atoms with E-state index >= 15 is 0 Å². The van der Waals surface area contributed by atoms with E-state index in [1.165, 1.54) is 11.6 Å². The summed E-state index contributed by atoms with van der Waals surface area (Å²) in [5.74, 6) is 0.420. The number of benzene rings is 3. The Labute approximate surface area is 225 Å². The average molecular weight is 537 g/mol. The zero-order valence-electron chi connectivity index (χ0n) is 22.3. The van der Waals surface area contributed by atoms with Gasteiger partial charge in [-0.3, -0.25) is 4.79 Å². The van der Waals surface area contributed by atoms with Gasteiger partial charge in [-0.2, -0.15) is 0 Å². The van der Waals surface area contributed by atoms with Crippen molar-refractivity contribution in [2.75, 3.05) is 38.2 Å². The lowest BCUT2D eigenvalue weighted by Gasteiger charge is -2.36. The zero-order valence-corrected chi connectivity index (χ0v) is 23.1. The van der Waals surface area contributed by atoms with Gasteiger partial charge in [-0.15, -0.1) is 0 Å². The van der Waals surface area contributed by atoms with Gasteiger partial charge in [0.15, 0.2) is 9.84 Å². The van der Waals surface area contributed by atoms with Crippen LogP contribution in [0.4, 0.5) is 5.69 Å². The van der Waals surface area contributed by atoms with Crippen molar-refractivity contribution in [2.24, 2.45) is 0 Å². The van der Waals surface area contributed by atoms with Gasteiger partial charge in [0.1, 0.15) is 11.5 Å². The number of carbonyl (C=O) groups is 1. The maximum atomic E-state index is 13.4. The Kier molecular flexibility index (Phi) is 8.62. The number of methoxy groups -OCH3 is 1. The highest BCUT2D eigenvalue weighted by atomic mass is 32.2. The number of sulfone groups is 1. The largest absolute Gasteiger partial charge is 0.506 e. The number of phenolic OH excluding ortho intramolecular Hbond substituents is 1. The van der Waals surface area contributed by atoms with Crippen LogP contribution in [0.1, 0.15) is 46.8 Å². The van der Waals surface area contributed by atoms with Crippen molar-refractivity contribution >= 4 is 21.4 Å². The third-order valence-corrected chi connectivity index (χ3v) is 8.77. The van der Waals surface area contributed by atoms with Crippen LogP contribution in [0.3, 0.4) is 0 Å². The first-order chi connectivity index (χ1) is 18.2. The molecular weight excluding hydrogens is 500 g/mol. The minimum atomic E-state index is -3.62. The molecule has 3 aromatic rings. The predicted octanol–water partition coefficient (Wildman–Crippen LogP) is 4.99. The molecule has 1 aliphatic heterocycles. The molecular formula is C30H36N2O5S. The summed E-state index contributed by atoms with van der Waals surface area (Å²) in [6, 6.07) is 17.7. The fourth-order valence-electron chi connectivity index (χ4n) is 4.73. The Balaban J connectivity index is 1.45. The van der Waals surface area contributed by atoms with Gasteiger partial charge in [-0.05, 0) is 60.7 Å². The Morgan fingerprint density at radius 1 is 0.947 bits per heavy atom. The van der Waals surface area contributed by atoms with Crippen LogP contribution in [0.15, 0.2) is 65.6 Å². The number of ether oxygens (including phenoxy) is 1. The number of carbonyl (C=O) groups excluding carboxylic acids is 1. The molecule has 38 heavy (non-hydrogen) atoms. The summed E-state index contributed by atoms with van der Waals surface area (Å²) in [7, 11) is -2.07. The molecule has 0 saturated carbocycles. The molecule has 1 heterocycles. The number of amides is 1. The summed E-state index contributed by atoms with van der Waals surface area (Å²) in [4.78, 5) is 17.3. The molecule has 202 valence electrons. The summed E-state index contributed by atoms with van der Waals surface area (Å²) in [6.45, 7) is 6.00. The van der Waals surface area contributed by atoms with Crippen LogP contribution in [-0.2, 0) is 22.0 Å². The second-order valence-electron chi connectivity index (χ2n) is 9.79. The van der Waals surface area contributed by atoms with Gasteiger partial charge in [-0.1, -0.05) is 43.7 Å². The van der Waals surface area contributed by atoms with Crippen LogP contribution in [0.25, 0.3) is 0 Å². The first-order valence-electron chi connectivity index (χ1n) is 13.0. The van der Waals surface area contributed by atoms with Crippen molar-refractivity contribution in [3.8, 4) is 11.5 Å². The van der Waals surface area contributed by atoms with Crippen molar-refractivity contribution in [1.29, 1.82) is 0 Å². The molecule has 8 heteroatoms. The first-order valence-corrected chi connectivity index (χ1v) is 14.7. The SMILES string of the molecule is CCCCc1ccc(CS(=O)(=O)c2ccc(C)c(C(=O)N3CCN(c4ccc(OC)cc4O)CC3)c2)cc1. The third kappa shape index (κ3) is 6.30. The lowest BCUT2D eigenvalue weighted by atomic mass is 10.1. The van der Waals surface area contributed by atoms with Gasteiger partial charge < -0.3 is 19.6 Å². The molecule has 0 atom stereocenters. The number of unbranched alkanes of at least 4 members (excludes halogenated alkanes) is 1. The van der Waals surface area contributed by atoms with E-state index in [9.17, 15) is 18.3 Å². The van der Waals surface area contributed by atoms with Gasteiger partial charge in [0, 0.05) is 37.8 Å². The van der Waals surface area contributed by atoms with Crippen molar-refractivity contribution < 1.29 is 23.1 Å². The molecule has 0 aromatic heterocycles. The highest BCUT2D eigenvalue weighted by Gasteiger charge is 2.26. The lowest BCUT2D eigenvalue weighted by Crippen LogP contribution is -2.49. The highest BCUT2D eigenvalue weighted by molar-refractivity contribution is 7.90. The van der Waals surface area contributed by atoms with Crippen LogP contribution < -0.4 is 9.64 Å². The molecule has 0 spiro atoms. The van der Waals surface area contributed by atoms with Crippen LogP contribution >= 0.6 is 0 Å². The number of nitrogens with zero attached hydrogens (tertiary/aromatic N) is 2. The van der Waals surface area contributed by atoms with Gasteiger partial charge in [0.2, 0.25) is 0 Å². The van der Waals surface area contributed by atoms with Crippen LogP contribution in [0.2, 0.25) is 0 Å². The molecule has 3 aromatic carbocycles. The van der Waals surface area contributed by atoms with E-state index in [1.807, 2.05) is 42.2 Å². The van der Waals surface area contributed by atoms with Crippen LogP contribution in [-0.4, -0.2) is 57.6 Å². The van der Waals surface area contributed by atoms with E-state index in [-0.39, 0.29) is 22.3 Å². The minimum absolute atomic E-state index is 0.109. The van der Waals surface area contributed by atoms with Crippen molar-refractivity contribution in [3.63, 3.8) is 0 Å². The molecule has 0 bridgehead atoms. The molecule has 1 aliphatic rings. The number of hydrogen-bond acceptors (Lipinski definition) is 6. The monoisotopic (exact) mass is 536 g/mol. The topological polar surface area (TPSA) is 87.2 Å². The fraction of sp³-hybridized carbons (Fsp3) is 0.367. The molecule has 0 radical (unpaired) electrons. The van der Waals surface area contributed by atoms with E-state index in [0.29, 0.717) is 43.2 Å². The first kappa shape index (κ1) is 27.5. The van der Waals surface area contributed by atoms with Crippen molar-refractivity contribution in [2.45, 2.75) is 43.8 Å². The Bertz CT molecular complexity index is 1380. The normalized spacial score (nSPS) is 14.0. The van der Waals surface area contributed by atoms with Crippen molar-refractivity contribution in [1.82, 2.24) is 4.90 Å². The number of piperazine rings is 1. The number of rotatable bonds is 9. The Morgan fingerprint density at radius 2 is 1.63 bits per heavy atom. The molecule has 4 rings (SSSR count). The van der Waals surface area contributed by atoms with Gasteiger partial charge >= 0.3 is 0 Å². The Hall–Kier alpha value is -3.52.